The summed E-state index contributed by atoms with van der Waals surface area (Å²) in [6.07, 6.45) is 0.849. The monoisotopic (exact) mass is 296 g/mol. The fourth-order valence-corrected chi connectivity index (χ4v) is 2.66. The Morgan fingerprint density at radius 3 is 2.64 bits per heavy atom. The lowest BCUT2D eigenvalue weighted by Gasteiger charge is -2.12. The first-order valence-corrected chi connectivity index (χ1v) is 7.59. The molecule has 0 unspecified atom stereocenters. The molecule has 0 saturated heterocycles. The van der Waals surface area contributed by atoms with E-state index >= 15 is 0 Å². The Bertz CT molecular complexity index is 706. The normalized spacial score (nSPS) is 12.9. The molecule has 0 radical (unpaired) electrons. The van der Waals surface area contributed by atoms with Crippen molar-refractivity contribution in [1.82, 2.24) is 4.98 Å². The second-order valence-electron chi connectivity index (χ2n) is 5.90. The Kier molecular flexibility index (Phi) is 3.84. The Balaban J connectivity index is 2.05. The van der Waals surface area contributed by atoms with Crippen LogP contribution in [0.15, 0.2) is 30.3 Å². The molecule has 1 amide bonds. The molecule has 0 atom stereocenters. The van der Waals surface area contributed by atoms with Crippen LogP contribution in [0.25, 0.3) is 11.3 Å². The van der Waals surface area contributed by atoms with Crippen LogP contribution in [0.4, 0.5) is 5.82 Å². The lowest BCUT2D eigenvalue weighted by Crippen LogP contribution is -2.08. The maximum Gasteiger partial charge on any atom is 0.222 e. The predicted molar refractivity (Wildman–Crippen MR) is 87.3 cm³/mol. The predicted octanol–water partition coefficient (Wildman–Crippen LogP) is 3.77. The number of anilines is 1. The SMILES string of the molecule is CC(=O)Nc1cc2c(c(-c3ccc(C(C)C)cc3)n1)OCC2. The second kappa shape index (κ2) is 5.79. The van der Waals surface area contributed by atoms with Gasteiger partial charge in [0.25, 0.3) is 0 Å². The van der Waals surface area contributed by atoms with Crippen LogP contribution in [0.1, 0.15) is 37.8 Å². The summed E-state index contributed by atoms with van der Waals surface area (Å²) in [7, 11) is 0. The Morgan fingerprint density at radius 1 is 1.27 bits per heavy atom. The topological polar surface area (TPSA) is 51.2 Å². The molecule has 2 aromatic rings. The van der Waals surface area contributed by atoms with Gasteiger partial charge in [-0.05, 0) is 17.5 Å². The first-order valence-electron chi connectivity index (χ1n) is 7.59. The van der Waals surface area contributed by atoms with Crippen molar-refractivity contribution in [3.05, 3.63) is 41.5 Å². The van der Waals surface area contributed by atoms with Crippen molar-refractivity contribution in [3.63, 3.8) is 0 Å². The molecule has 114 valence electrons. The van der Waals surface area contributed by atoms with Crippen LogP contribution in [-0.2, 0) is 11.2 Å². The van der Waals surface area contributed by atoms with Crippen LogP contribution in [0.2, 0.25) is 0 Å². The number of hydrogen-bond acceptors (Lipinski definition) is 3. The van der Waals surface area contributed by atoms with Gasteiger partial charge in [0.05, 0.1) is 6.61 Å². The number of nitrogens with one attached hydrogen (secondary N) is 1. The molecule has 1 aliphatic rings. The highest BCUT2D eigenvalue weighted by molar-refractivity contribution is 5.88. The van der Waals surface area contributed by atoms with Gasteiger partial charge in [-0.3, -0.25) is 4.79 Å². The number of hydrogen-bond donors (Lipinski definition) is 1. The molecule has 4 heteroatoms. The van der Waals surface area contributed by atoms with Gasteiger partial charge in [-0.2, -0.15) is 0 Å². The van der Waals surface area contributed by atoms with Crippen molar-refractivity contribution < 1.29 is 9.53 Å². The maximum absolute atomic E-state index is 11.3. The van der Waals surface area contributed by atoms with Crippen molar-refractivity contribution in [2.24, 2.45) is 0 Å². The number of fused-ring (bicyclic) bond motifs is 1. The molecule has 1 aromatic carbocycles. The summed E-state index contributed by atoms with van der Waals surface area (Å²) in [5.41, 5.74) is 4.20. The van der Waals surface area contributed by atoms with E-state index < -0.39 is 0 Å². The summed E-state index contributed by atoms with van der Waals surface area (Å²) < 4.78 is 5.75. The lowest BCUT2D eigenvalue weighted by molar-refractivity contribution is -0.114. The van der Waals surface area contributed by atoms with Crippen molar-refractivity contribution in [3.8, 4) is 17.0 Å². The van der Waals surface area contributed by atoms with E-state index in [0.29, 0.717) is 18.3 Å². The van der Waals surface area contributed by atoms with Crippen molar-refractivity contribution in [1.29, 1.82) is 0 Å². The van der Waals surface area contributed by atoms with E-state index in [1.54, 1.807) is 0 Å². The standard InChI is InChI=1S/C18H20N2O2/c1-11(2)13-4-6-14(7-5-13)17-18-15(8-9-22-18)10-16(20-17)19-12(3)21/h4-7,10-11H,8-9H2,1-3H3,(H,19,20,21). The molecule has 0 aliphatic carbocycles. The summed E-state index contributed by atoms with van der Waals surface area (Å²) in [4.78, 5) is 15.9. The number of amides is 1. The summed E-state index contributed by atoms with van der Waals surface area (Å²) in [6, 6.07) is 10.3. The molecule has 0 fully saturated rings. The molecule has 1 N–H and O–H groups in total. The number of pyridine rings is 1. The average molecular weight is 296 g/mol. The highest BCUT2D eigenvalue weighted by Gasteiger charge is 2.20. The van der Waals surface area contributed by atoms with E-state index in [9.17, 15) is 4.79 Å². The highest BCUT2D eigenvalue weighted by Crippen LogP contribution is 2.37. The summed E-state index contributed by atoms with van der Waals surface area (Å²) >= 11 is 0. The first-order chi connectivity index (χ1) is 10.5. The van der Waals surface area contributed by atoms with Crippen LogP contribution in [0.5, 0.6) is 5.75 Å². The molecule has 0 bridgehead atoms. The van der Waals surface area contributed by atoms with Gasteiger partial charge in [-0.25, -0.2) is 4.98 Å². The smallest absolute Gasteiger partial charge is 0.222 e. The molecule has 2 heterocycles. The number of carbonyl (C=O) groups excluding carboxylic acids is 1. The lowest BCUT2D eigenvalue weighted by atomic mass is 10.00. The van der Waals surface area contributed by atoms with E-state index in [1.165, 1.54) is 12.5 Å². The minimum Gasteiger partial charge on any atom is -0.491 e. The van der Waals surface area contributed by atoms with Gasteiger partial charge in [-0.1, -0.05) is 38.1 Å². The van der Waals surface area contributed by atoms with Gasteiger partial charge in [-0.15, -0.1) is 0 Å². The van der Waals surface area contributed by atoms with Gasteiger partial charge in [0, 0.05) is 24.5 Å². The Morgan fingerprint density at radius 2 is 2.00 bits per heavy atom. The molecular formula is C18H20N2O2. The summed E-state index contributed by atoms with van der Waals surface area (Å²) in [5.74, 6) is 1.80. The van der Waals surface area contributed by atoms with Crippen LogP contribution in [-0.4, -0.2) is 17.5 Å². The van der Waals surface area contributed by atoms with Crippen LogP contribution in [0, 0.1) is 0 Å². The number of ether oxygens (including phenoxy) is 1. The zero-order valence-electron chi connectivity index (χ0n) is 13.1. The first kappa shape index (κ1) is 14.6. The van der Waals surface area contributed by atoms with Gasteiger partial charge in [0.15, 0.2) is 0 Å². The largest absolute Gasteiger partial charge is 0.491 e. The Hall–Kier alpha value is -2.36. The zero-order valence-corrected chi connectivity index (χ0v) is 13.1. The molecule has 1 aliphatic heterocycles. The van der Waals surface area contributed by atoms with E-state index in [0.717, 1.165) is 29.0 Å². The van der Waals surface area contributed by atoms with Crippen molar-refractivity contribution in [2.45, 2.75) is 33.1 Å². The van der Waals surface area contributed by atoms with Gasteiger partial charge < -0.3 is 10.1 Å². The van der Waals surface area contributed by atoms with Crippen molar-refractivity contribution >= 4 is 11.7 Å². The number of benzene rings is 1. The quantitative estimate of drug-likeness (QED) is 0.938. The third-order valence-corrected chi connectivity index (χ3v) is 3.82. The van der Waals surface area contributed by atoms with Crippen molar-refractivity contribution in [2.75, 3.05) is 11.9 Å². The number of nitrogens with zero attached hydrogens (tertiary/aromatic N) is 1. The fraction of sp³-hybridized carbons (Fsp3) is 0.333. The number of carbonyl (C=O) groups is 1. The molecule has 3 rings (SSSR count). The highest BCUT2D eigenvalue weighted by atomic mass is 16.5. The fourth-order valence-electron chi connectivity index (χ4n) is 2.66. The molecule has 0 saturated carbocycles. The number of rotatable bonds is 3. The summed E-state index contributed by atoms with van der Waals surface area (Å²) in [5, 5.41) is 2.77. The third-order valence-electron chi connectivity index (χ3n) is 3.82. The molecule has 4 nitrogen and oxygen atoms in total. The molecule has 22 heavy (non-hydrogen) atoms. The molecule has 0 spiro atoms. The van der Waals surface area contributed by atoms with Crippen LogP contribution in [0.3, 0.4) is 0 Å². The Labute approximate surface area is 130 Å². The van der Waals surface area contributed by atoms with Crippen LogP contribution < -0.4 is 10.1 Å². The minimum atomic E-state index is -0.118. The second-order valence-corrected chi connectivity index (χ2v) is 5.90. The third kappa shape index (κ3) is 2.82. The maximum atomic E-state index is 11.3. The van der Waals surface area contributed by atoms with E-state index in [1.807, 2.05) is 6.07 Å². The zero-order chi connectivity index (χ0) is 15.7. The summed E-state index contributed by atoms with van der Waals surface area (Å²) in [6.45, 7) is 6.50. The van der Waals surface area contributed by atoms with E-state index in [-0.39, 0.29) is 5.91 Å². The average Bonchev–Trinajstić information content (AvgIpc) is 2.94. The van der Waals surface area contributed by atoms with Gasteiger partial charge >= 0.3 is 0 Å². The van der Waals surface area contributed by atoms with Gasteiger partial charge in [0.1, 0.15) is 17.3 Å². The minimum absolute atomic E-state index is 0.118. The van der Waals surface area contributed by atoms with Gasteiger partial charge in [0.2, 0.25) is 5.91 Å². The molecular weight excluding hydrogens is 276 g/mol. The van der Waals surface area contributed by atoms with E-state index in [2.05, 4.69) is 48.4 Å². The number of aromatic nitrogens is 1. The van der Waals surface area contributed by atoms with Crippen LogP contribution >= 0.6 is 0 Å². The van der Waals surface area contributed by atoms with E-state index in [4.69, 9.17) is 4.74 Å². The molecule has 1 aromatic heterocycles.